The second-order valence-electron chi connectivity index (χ2n) is 6.56. The van der Waals surface area contributed by atoms with Crippen molar-refractivity contribution in [3.8, 4) is 11.5 Å². The number of carbonyl (C=O) groups excluding carboxylic acids is 1. The van der Waals surface area contributed by atoms with Crippen molar-refractivity contribution < 1.29 is 14.3 Å². The van der Waals surface area contributed by atoms with Gasteiger partial charge in [0.25, 0.3) is 5.91 Å². The Balaban J connectivity index is 2.10. The van der Waals surface area contributed by atoms with Crippen LogP contribution in [0.5, 0.6) is 11.5 Å². The van der Waals surface area contributed by atoms with Crippen LogP contribution in [0.15, 0.2) is 47.5 Å². The van der Waals surface area contributed by atoms with Crippen LogP contribution in [0, 0.1) is 0 Å². The lowest BCUT2D eigenvalue weighted by Gasteiger charge is -2.18. The van der Waals surface area contributed by atoms with Crippen LogP contribution >= 0.6 is 0 Å². The number of aliphatic imine (C=N–C) groups is 1. The third-order valence-corrected chi connectivity index (χ3v) is 4.66. The van der Waals surface area contributed by atoms with Gasteiger partial charge in [0.1, 0.15) is 0 Å². The average Bonchev–Trinajstić information content (AvgIpc) is 2.78. The first-order valence-corrected chi connectivity index (χ1v) is 10.2. The van der Waals surface area contributed by atoms with Gasteiger partial charge in [0.2, 0.25) is 0 Å². The molecule has 30 heavy (non-hydrogen) atoms. The van der Waals surface area contributed by atoms with E-state index in [0.29, 0.717) is 42.7 Å². The van der Waals surface area contributed by atoms with E-state index in [1.807, 2.05) is 68.1 Å². The predicted molar refractivity (Wildman–Crippen MR) is 122 cm³/mol. The zero-order chi connectivity index (χ0) is 21.9. The van der Waals surface area contributed by atoms with E-state index in [2.05, 4.69) is 15.6 Å². The lowest BCUT2D eigenvalue weighted by atomic mass is 10.1. The molecule has 2 rings (SSSR count). The molecule has 2 N–H and O–H groups in total. The van der Waals surface area contributed by atoms with E-state index in [1.165, 1.54) is 0 Å². The number of methoxy groups -OCH3 is 2. The minimum atomic E-state index is 0.0542. The molecule has 0 saturated heterocycles. The van der Waals surface area contributed by atoms with Gasteiger partial charge in [-0.1, -0.05) is 12.1 Å². The molecule has 2 aromatic rings. The summed E-state index contributed by atoms with van der Waals surface area (Å²) in [6, 6.07) is 13.2. The fraction of sp³-hybridized carbons (Fsp3) is 0.391. The van der Waals surface area contributed by atoms with Crippen molar-refractivity contribution in [2.24, 2.45) is 4.99 Å². The number of hydrogen-bond acceptors (Lipinski definition) is 4. The molecule has 0 aliphatic heterocycles. The Kier molecular flexibility index (Phi) is 9.00. The number of anilines is 1. The molecule has 0 saturated carbocycles. The van der Waals surface area contributed by atoms with Crippen LogP contribution in [-0.2, 0) is 6.54 Å². The molecular weight excluding hydrogens is 380 g/mol. The maximum Gasteiger partial charge on any atom is 0.253 e. The molecule has 0 atom stereocenters. The minimum Gasteiger partial charge on any atom is -0.493 e. The van der Waals surface area contributed by atoms with Crippen molar-refractivity contribution in [2.45, 2.75) is 27.3 Å². The zero-order valence-corrected chi connectivity index (χ0v) is 18.5. The molecule has 0 unspecified atom stereocenters. The number of rotatable bonds is 9. The molecule has 0 bridgehead atoms. The fourth-order valence-electron chi connectivity index (χ4n) is 2.97. The molecule has 7 heteroatoms. The Hall–Kier alpha value is -3.22. The van der Waals surface area contributed by atoms with Gasteiger partial charge in [-0.05, 0) is 50.6 Å². The topological polar surface area (TPSA) is 75.2 Å². The van der Waals surface area contributed by atoms with Crippen molar-refractivity contribution in [2.75, 3.05) is 39.2 Å². The van der Waals surface area contributed by atoms with E-state index >= 15 is 0 Å². The molecule has 2 aromatic carbocycles. The van der Waals surface area contributed by atoms with Crippen molar-refractivity contribution in [3.63, 3.8) is 0 Å². The SMILES string of the molecule is CCNC(=NCc1ccc(C(=O)N(CC)CC)cc1)Nc1ccc(OC)c(OC)c1. The van der Waals surface area contributed by atoms with Crippen molar-refractivity contribution in [1.82, 2.24) is 10.2 Å². The van der Waals surface area contributed by atoms with Gasteiger partial charge in [0, 0.05) is 37.0 Å². The monoisotopic (exact) mass is 412 g/mol. The number of benzene rings is 2. The summed E-state index contributed by atoms with van der Waals surface area (Å²) in [6.45, 7) is 8.61. The standard InChI is InChI=1S/C23H32N4O3/c1-6-24-23(26-19-13-14-20(29-4)21(15-19)30-5)25-16-17-9-11-18(12-10-17)22(28)27(7-2)8-3/h9-15H,6-8,16H2,1-5H3,(H2,24,25,26). The quantitative estimate of drug-likeness (QED) is 0.484. The summed E-state index contributed by atoms with van der Waals surface area (Å²) in [7, 11) is 3.22. The molecule has 0 aliphatic rings. The smallest absolute Gasteiger partial charge is 0.253 e. The van der Waals surface area contributed by atoms with Crippen LogP contribution in [0.25, 0.3) is 0 Å². The van der Waals surface area contributed by atoms with Crippen LogP contribution in [0.1, 0.15) is 36.7 Å². The van der Waals surface area contributed by atoms with Crippen LogP contribution in [-0.4, -0.2) is 50.6 Å². The van der Waals surface area contributed by atoms with Gasteiger partial charge < -0.3 is 25.0 Å². The molecule has 0 spiro atoms. The number of guanidine groups is 1. The van der Waals surface area contributed by atoms with Crippen molar-refractivity contribution in [3.05, 3.63) is 53.6 Å². The Bertz CT molecular complexity index is 846. The number of ether oxygens (including phenoxy) is 2. The number of nitrogens with zero attached hydrogens (tertiary/aromatic N) is 2. The van der Waals surface area contributed by atoms with Gasteiger partial charge in [-0.2, -0.15) is 0 Å². The molecule has 0 heterocycles. The van der Waals surface area contributed by atoms with Crippen LogP contribution < -0.4 is 20.1 Å². The zero-order valence-electron chi connectivity index (χ0n) is 18.5. The van der Waals surface area contributed by atoms with Crippen molar-refractivity contribution in [1.29, 1.82) is 0 Å². The Morgan fingerprint density at radius 1 is 0.967 bits per heavy atom. The second kappa shape index (κ2) is 11.7. The van der Waals surface area contributed by atoms with Gasteiger partial charge >= 0.3 is 0 Å². The van der Waals surface area contributed by atoms with E-state index in [0.717, 1.165) is 17.8 Å². The third-order valence-electron chi connectivity index (χ3n) is 4.66. The molecule has 0 radical (unpaired) electrons. The van der Waals surface area contributed by atoms with Gasteiger partial charge in [0.15, 0.2) is 17.5 Å². The molecule has 7 nitrogen and oxygen atoms in total. The first-order chi connectivity index (χ1) is 14.6. The van der Waals surface area contributed by atoms with Crippen molar-refractivity contribution >= 4 is 17.6 Å². The maximum atomic E-state index is 12.4. The number of nitrogens with one attached hydrogen (secondary N) is 2. The lowest BCUT2D eigenvalue weighted by molar-refractivity contribution is 0.0773. The van der Waals surface area contributed by atoms with Crippen LogP contribution in [0.2, 0.25) is 0 Å². The highest BCUT2D eigenvalue weighted by molar-refractivity contribution is 5.94. The Labute approximate surface area is 179 Å². The summed E-state index contributed by atoms with van der Waals surface area (Å²) >= 11 is 0. The largest absolute Gasteiger partial charge is 0.493 e. The summed E-state index contributed by atoms with van der Waals surface area (Å²) in [5.74, 6) is 2.03. The first kappa shape index (κ1) is 23.1. The highest BCUT2D eigenvalue weighted by atomic mass is 16.5. The van der Waals surface area contributed by atoms with E-state index in [1.54, 1.807) is 14.2 Å². The van der Waals surface area contributed by atoms with E-state index in [9.17, 15) is 4.79 Å². The lowest BCUT2D eigenvalue weighted by Crippen LogP contribution is -2.30. The van der Waals surface area contributed by atoms with Gasteiger partial charge in [-0.15, -0.1) is 0 Å². The second-order valence-corrected chi connectivity index (χ2v) is 6.56. The normalized spacial score (nSPS) is 11.0. The first-order valence-electron chi connectivity index (χ1n) is 10.2. The minimum absolute atomic E-state index is 0.0542. The molecular formula is C23H32N4O3. The molecule has 1 amide bonds. The fourth-order valence-corrected chi connectivity index (χ4v) is 2.97. The van der Waals surface area contributed by atoms with Gasteiger partial charge in [-0.25, -0.2) is 4.99 Å². The van der Waals surface area contributed by atoms with Gasteiger partial charge in [0.05, 0.1) is 20.8 Å². The highest BCUT2D eigenvalue weighted by Gasteiger charge is 2.12. The van der Waals surface area contributed by atoms with Crippen LogP contribution in [0.4, 0.5) is 5.69 Å². The highest BCUT2D eigenvalue weighted by Crippen LogP contribution is 2.29. The third kappa shape index (κ3) is 6.14. The van der Waals surface area contributed by atoms with Gasteiger partial charge in [-0.3, -0.25) is 4.79 Å². The number of hydrogen-bond donors (Lipinski definition) is 2. The molecule has 162 valence electrons. The number of carbonyl (C=O) groups is 1. The van der Waals surface area contributed by atoms with E-state index in [4.69, 9.17) is 9.47 Å². The predicted octanol–water partition coefficient (Wildman–Crippen LogP) is 3.76. The average molecular weight is 413 g/mol. The molecule has 0 fully saturated rings. The van der Waals surface area contributed by atoms with E-state index < -0.39 is 0 Å². The van der Waals surface area contributed by atoms with E-state index in [-0.39, 0.29) is 5.91 Å². The Morgan fingerprint density at radius 3 is 2.20 bits per heavy atom. The number of amides is 1. The summed E-state index contributed by atoms with van der Waals surface area (Å²) < 4.78 is 10.6. The maximum absolute atomic E-state index is 12.4. The summed E-state index contributed by atoms with van der Waals surface area (Å²) in [5.41, 5.74) is 2.56. The van der Waals surface area contributed by atoms with Crippen LogP contribution in [0.3, 0.4) is 0 Å². The Morgan fingerprint density at radius 2 is 1.63 bits per heavy atom. The molecule has 0 aromatic heterocycles. The summed E-state index contributed by atoms with van der Waals surface area (Å²) in [4.78, 5) is 18.9. The summed E-state index contributed by atoms with van der Waals surface area (Å²) in [6.07, 6.45) is 0. The summed E-state index contributed by atoms with van der Waals surface area (Å²) in [5, 5.41) is 6.51. The molecule has 0 aliphatic carbocycles.